The van der Waals surface area contributed by atoms with E-state index in [0.717, 1.165) is 22.7 Å². The first kappa shape index (κ1) is 19.3. The molecule has 0 spiro atoms. The van der Waals surface area contributed by atoms with Crippen LogP contribution in [-0.4, -0.2) is 49.8 Å². The van der Waals surface area contributed by atoms with Crippen LogP contribution in [0.1, 0.15) is 18.4 Å². The molecule has 0 saturated carbocycles. The smallest absolute Gasteiger partial charge is 0.326 e. The molecule has 3 rings (SSSR count). The van der Waals surface area contributed by atoms with E-state index < -0.39 is 5.97 Å². The normalized spacial score (nSPS) is 13.3. The van der Waals surface area contributed by atoms with Gasteiger partial charge in [0.25, 0.3) is 5.91 Å². The van der Waals surface area contributed by atoms with E-state index in [0.29, 0.717) is 24.7 Å². The molecule has 0 unspecified atom stereocenters. The van der Waals surface area contributed by atoms with Crippen LogP contribution in [0, 0.1) is 6.92 Å². The van der Waals surface area contributed by atoms with Gasteiger partial charge in [-0.25, -0.2) is 4.98 Å². The molecule has 27 heavy (non-hydrogen) atoms. The monoisotopic (exact) mass is 390 g/mol. The summed E-state index contributed by atoms with van der Waals surface area (Å²) in [5.74, 6) is -0.205. The average molecular weight is 390 g/mol. The first-order chi connectivity index (χ1) is 13.1. The van der Waals surface area contributed by atoms with Gasteiger partial charge in [0, 0.05) is 17.6 Å². The maximum absolute atomic E-state index is 12.3. The number of carbonyl (C=O) groups is 2. The summed E-state index contributed by atoms with van der Waals surface area (Å²) in [6, 6.07) is 5.51. The Balaban J connectivity index is 1.71. The van der Waals surface area contributed by atoms with Crippen LogP contribution in [-0.2, 0) is 19.1 Å². The molecular formula is C19H22N2O5S. The van der Waals surface area contributed by atoms with Gasteiger partial charge in [-0.05, 0) is 31.5 Å². The van der Waals surface area contributed by atoms with Crippen molar-refractivity contribution >= 4 is 28.9 Å². The van der Waals surface area contributed by atoms with Crippen molar-refractivity contribution in [1.29, 1.82) is 0 Å². The van der Waals surface area contributed by atoms with Crippen molar-refractivity contribution in [1.82, 2.24) is 4.98 Å². The second-order valence-electron chi connectivity index (χ2n) is 6.04. The van der Waals surface area contributed by atoms with Gasteiger partial charge in [0.05, 0.1) is 23.0 Å². The summed E-state index contributed by atoms with van der Waals surface area (Å²) >= 11 is 1.55. The van der Waals surface area contributed by atoms with Crippen LogP contribution in [0.3, 0.4) is 0 Å². The summed E-state index contributed by atoms with van der Waals surface area (Å²) in [6.45, 7) is 4.83. The van der Waals surface area contributed by atoms with Gasteiger partial charge in [0.15, 0.2) is 6.61 Å². The largest absolute Gasteiger partial charge is 0.482 e. The Morgan fingerprint density at radius 1 is 1.33 bits per heavy atom. The van der Waals surface area contributed by atoms with E-state index in [2.05, 4.69) is 4.98 Å². The molecule has 1 amide bonds. The van der Waals surface area contributed by atoms with Crippen molar-refractivity contribution in [3.8, 4) is 17.0 Å². The number of hydrogen-bond donors (Lipinski definition) is 0. The number of ether oxygens (including phenoxy) is 3. The Bertz CT molecular complexity index is 820. The molecule has 0 bridgehead atoms. The molecule has 0 aliphatic carbocycles. The minimum absolute atomic E-state index is 0.102. The van der Waals surface area contributed by atoms with Gasteiger partial charge >= 0.3 is 5.97 Å². The third-order valence-corrected chi connectivity index (χ3v) is 4.72. The maximum atomic E-state index is 12.3. The molecule has 2 aromatic rings. The van der Waals surface area contributed by atoms with Gasteiger partial charge in [-0.2, -0.15) is 0 Å². The lowest BCUT2D eigenvalue weighted by molar-refractivity contribution is -0.144. The van der Waals surface area contributed by atoms with E-state index in [1.807, 2.05) is 31.4 Å². The summed E-state index contributed by atoms with van der Waals surface area (Å²) < 4.78 is 15.9. The fraction of sp³-hybridized carbons (Fsp3) is 0.421. The zero-order valence-electron chi connectivity index (χ0n) is 15.4. The van der Waals surface area contributed by atoms with E-state index >= 15 is 0 Å². The Morgan fingerprint density at radius 3 is 2.93 bits per heavy atom. The molecule has 1 aromatic heterocycles. The number of hydrogen-bond acceptors (Lipinski definition) is 7. The summed E-state index contributed by atoms with van der Waals surface area (Å²) in [4.78, 5) is 30.3. The minimum Gasteiger partial charge on any atom is -0.482 e. The molecule has 0 fully saturated rings. The molecule has 1 aliphatic heterocycles. The van der Waals surface area contributed by atoms with Crippen molar-refractivity contribution in [2.75, 3.05) is 37.9 Å². The van der Waals surface area contributed by atoms with Gasteiger partial charge in [0.1, 0.15) is 18.9 Å². The van der Waals surface area contributed by atoms with Crippen LogP contribution in [0.4, 0.5) is 5.69 Å². The number of benzene rings is 1. The predicted molar refractivity (Wildman–Crippen MR) is 102 cm³/mol. The van der Waals surface area contributed by atoms with E-state index in [1.165, 1.54) is 4.90 Å². The van der Waals surface area contributed by atoms with Crippen LogP contribution in [0.25, 0.3) is 11.3 Å². The van der Waals surface area contributed by atoms with Crippen LogP contribution >= 0.6 is 11.3 Å². The van der Waals surface area contributed by atoms with Crippen molar-refractivity contribution < 1.29 is 23.8 Å². The SMILES string of the molecule is CCCOCCOC(=O)CN1C(=O)COc2ccc(-c3csc(C)n3)cc21. The molecule has 8 heteroatoms. The number of amides is 1. The van der Waals surface area contributed by atoms with Gasteiger partial charge in [-0.1, -0.05) is 6.92 Å². The van der Waals surface area contributed by atoms with E-state index in [-0.39, 0.29) is 25.7 Å². The number of esters is 1. The van der Waals surface area contributed by atoms with Crippen LogP contribution in [0.2, 0.25) is 0 Å². The van der Waals surface area contributed by atoms with Crippen molar-refractivity contribution in [2.45, 2.75) is 20.3 Å². The fourth-order valence-electron chi connectivity index (χ4n) is 2.67. The predicted octanol–water partition coefficient (Wildman–Crippen LogP) is 2.81. The molecule has 0 atom stereocenters. The van der Waals surface area contributed by atoms with Crippen molar-refractivity contribution in [3.05, 3.63) is 28.6 Å². The topological polar surface area (TPSA) is 78.0 Å². The highest BCUT2D eigenvalue weighted by molar-refractivity contribution is 7.09. The van der Waals surface area contributed by atoms with E-state index in [1.54, 1.807) is 17.4 Å². The van der Waals surface area contributed by atoms with Gasteiger partial charge < -0.3 is 14.2 Å². The third-order valence-electron chi connectivity index (χ3n) is 3.94. The Labute approximate surface area is 161 Å². The standard InChI is InChI=1S/C19H22N2O5S/c1-3-6-24-7-8-25-19(23)10-21-16-9-14(15-12-27-13(2)20-15)4-5-17(16)26-11-18(21)22/h4-5,9,12H,3,6-8,10-11H2,1-2H3. The van der Waals surface area contributed by atoms with E-state index in [9.17, 15) is 9.59 Å². The maximum Gasteiger partial charge on any atom is 0.326 e. The number of nitrogens with zero attached hydrogens (tertiary/aromatic N) is 2. The number of aromatic nitrogens is 1. The fourth-order valence-corrected chi connectivity index (χ4v) is 3.29. The zero-order valence-corrected chi connectivity index (χ0v) is 16.2. The molecule has 1 aliphatic rings. The molecule has 0 radical (unpaired) electrons. The Morgan fingerprint density at radius 2 is 2.19 bits per heavy atom. The molecule has 2 heterocycles. The number of thiazole rings is 1. The van der Waals surface area contributed by atoms with Gasteiger partial charge in [-0.15, -0.1) is 11.3 Å². The molecule has 144 valence electrons. The lowest BCUT2D eigenvalue weighted by Gasteiger charge is -2.29. The first-order valence-corrected chi connectivity index (χ1v) is 9.69. The average Bonchev–Trinajstić information content (AvgIpc) is 3.10. The lowest BCUT2D eigenvalue weighted by atomic mass is 10.1. The quantitative estimate of drug-likeness (QED) is 0.509. The number of rotatable bonds is 8. The number of aryl methyl sites for hydroxylation is 1. The van der Waals surface area contributed by atoms with Crippen LogP contribution in [0.15, 0.2) is 23.6 Å². The lowest BCUT2D eigenvalue weighted by Crippen LogP contribution is -2.42. The number of anilines is 1. The summed E-state index contributed by atoms with van der Waals surface area (Å²) in [5, 5.41) is 2.91. The summed E-state index contributed by atoms with van der Waals surface area (Å²) in [5.41, 5.74) is 2.24. The van der Waals surface area contributed by atoms with Crippen LogP contribution in [0.5, 0.6) is 5.75 Å². The molecule has 7 nitrogen and oxygen atoms in total. The third kappa shape index (κ3) is 4.84. The molecule has 1 aromatic carbocycles. The number of carbonyl (C=O) groups excluding carboxylic acids is 2. The highest BCUT2D eigenvalue weighted by Crippen LogP contribution is 2.36. The first-order valence-electron chi connectivity index (χ1n) is 8.81. The molecular weight excluding hydrogens is 368 g/mol. The number of fused-ring (bicyclic) bond motifs is 1. The second-order valence-corrected chi connectivity index (χ2v) is 7.10. The highest BCUT2D eigenvalue weighted by Gasteiger charge is 2.28. The Kier molecular flexibility index (Phi) is 6.41. The Hall–Kier alpha value is -2.45. The van der Waals surface area contributed by atoms with Crippen LogP contribution < -0.4 is 9.64 Å². The summed E-state index contributed by atoms with van der Waals surface area (Å²) in [7, 11) is 0. The van der Waals surface area contributed by atoms with Crippen molar-refractivity contribution in [3.63, 3.8) is 0 Å². The van der Waals surface area contributed by atoms with Gasteiger partial charge in [0.2, 0.25) is 0 Å². The van der Waals surface area contributed by atoms with Gasteiger partial charge in [-0.3, -0.25) is 14.5 Å². The minimum atomic E-state index is -0.480. The molecule has 0 saturated heterocycles. The van der Waals surface area contributed by atoms with Crippen molar-refractivity contribution in [2.24, 2.45) is 0 Å². The summed E-state index contributed by atoms with van der Waals surface area (Å²) in [6.07, 6.45) is 0.911. The highest BCUT2D eigenvalue weighted by atomic mass is 32.1. The zero-order chi connectivity index (χ0) is 19.2. The van der Waals surface area contributed by atoms with E-state index in [4.69, 9.17) is 14.2 Å². The second kappa shape index (κ2) is 8.96. The molecule has 0 N–H and O–H groups in total.